The number of H-pyrrole nitrogens is 1. The van der Waals surface area contributed by atoms with E-state index in [1.807, 2.05) is 4.72 Å². The molecule has 1 aromatic rings. The lowest BCUT2D eigenvalue weighted by Gasteiger charge is -2.13. The van der Waals surface area contributed by atoms with Crippen molar-refractivity contribution in [1.82, 2.24) is 14.7 Å². The number of esters is 1. The number of methoxy groups -OCH3 is 1. The molecular formula is C10H15N3O6S. The van der Waals surface area contributed by atoms with E-state index < -0.39 is 33.8 Å². The first kappa shape index (κ1) is 16.1. The number of carbonyl (C=O) groups excluding carboxylic acids is 1. The summed E-state index contributed by atoms with van der Waals surface area (Å²) in [5.74, 6) is -2.54. The molecule has 1 unspecified atom stereocenters. The molecule has 0 saturated carbocycles. The van der Waals surface area contributed by atoms with Crippen LogP contribution in [-0.4, -0.2) is 54.3 Å². The van der Waals surface area contributed by atoms with Gasteiger partial charge < -0.3 is 14.8 Å². The van der Waals surface area contributed by atoms with Crippen molar-refractivity contribution < 1.29 is 27.9 Å². The van der Waals surface area contributed by atoms with Gasteiger partial charge in [-0.3, -0.25) is 9.59 Å². The summed E-state index contributed by atoms with van der Waals surface area (Å²) in [6, 6.07) is -1.34. The molecular weight excluding hydrogens is 290 g/mol. The van der Waals surface area contributed by atoms with Gasteiger partial charge in [0.25, 0.3) is 0 Å². The molecule has 10 heteroatoms. The van der Waals surface area contributed by atoms with Gasteiger partial charge in [0.15, 0.2) is 0 Å². The molecule has 0 aliphatic heterocycles. The Balaban J connectivity index is 2.65. The molecule has 1 heterocycles. The van der Waals surface area contributed by atoms with E-state index in [4.69, 9.17) is 5.11 Å². The normalized spacial score (nSPS) is 12.8. The molecule has 20 heavy (non-hydrogen) atoms. The number of ether oxygens (including phenoxy) is 1. The van der Waals surface area contributed by atoms with Gasteiger partial charge in [-0.15, -0.1) is 0 Å². The Morgan fingerprint density at radius 2 is 2.25 bits per heavy atom. The molecule has 112 valence electrons. The lowest BCUT2D eigenvalue weighted by molar-refractivity contribution is -0.140. The predicted molar refractivity (Wildman–Crippen MR) is 67.3 cm³/mol. The molecule has 0 fully saturated rings. The maximum atomic E-state index is 11.7. The molecule has 0 saturated heterocycles. The Bertz CT molecular complexity index is 554. The van der Waals surface area contributed by atoms with E-state index >= 15 is 0 Å². The summed E-state index contributed by atoms with van der Waals surface area (Å²) >= 11 is 0. The average molecular weight is 305 g/mol. The summed E-state index contributed by atoms with van der Waals surface area (Å²) < 4.78 is 29.7. The number of aliphatic carboxylic acids is 1. The van der Waals surface area contributed by atoms with Crippen molar-refractivity contribution in [3.63, 3.8) is 0 Å². The third-order valence-corrected chi connectivity index (χ3v) is 3.79. The van der Waals surface area contributed by atoms with E-state index in [9.17, 15) is 18.0 Å². The molecule has 1 rings (SSSR count). The van der Waals surface area contributed by atoms with Gasteiger partial charge in [-0.1, -0.05) is 0 Å². The molecule has 0 radical (unpaired) electrons. The number of aromatic nitrogens is 2. The number of sulfonamides is 1. The number of carboxylic acid groups (broad SMARTS) is 1. The molecule has 1 aromatic heterocycles. The smallest absolute Gasteiger partial charge is 0.322 e. The Hall–Kier alpha value is -1.94. The van der Waals surface area contributed by atoms with Crippen LogP contribution < -0.4 is 4.72 Å². The maximum Gasteiger partial charge on any atom is 0.322 e. The molecule has 0 spiro atoms. The number of nitrogens with one attached hydrogen (secondary N) is 2. The van der Waals surface area contributed by atoms with Crippen LogP contribution >= 0.6 is 0 Å². The fourth-order valence-corrected chi connectivity index (χ4v) is 2.56. The van der Waals surface area contributed by atoms with Crippen molar-refractivity contribution in [2.75, 3.05) is 12.9 Å². The van der Waals surface area contributed by atoms with Crippen molar-refractivity contribution in [2.45, 2.75) is 18.9 Å². The molecule has 0 amide bonds. The average Bonchev–Trinajstić information content (AvgIpc) is 2.87. The zero-order valence-corrected chi connectivity index (χ0v) is 11.5. The van der Waals surface area contributed by atoms with Crippen LogP contribution in [0.3, 0.4) is 0 Å². The Kier molecular flexibility index (Phi) is 5.65. The first-order chi connectivity index (χ1) is 9.34. The molecule has 0 bridgehead atoms. The number of aromatic amines is 1. The van der Waals surface area contributed by atoms with Crippen molar-refractivity contribution in [3.8, 4) is 0 Å². The van der Waals surface area contributed by atoms with Gasteiger partial charge in [0, 0.05) is 18.3 Å². The van der Waals surface area contributed by atoms with Gasteiger partial charge in [-0.05, 0) is 0 Å². The Morgan fingerprint density at radius 1 is 1.55 bits per heavy atom. The highest BCUT2D eigenvalue weighted by atomic mass is 32.2. The molecule has 9 nitrogen and oxygen atoms in total. The van der Waals surface area contributed by atoms with E-state index in [2.05, 4.69) is 14.7 Å². The van der Waals surface area contributed by atoms with Gasteiger partial charge in [-0.25, -0.2) is 18.1 Å². The number of nitrogens with zero attached hydrogens (tertiary/aromatic N) is 1. The standard InChI is InChI=1S/C10H15N3O6S/c1-19-9(14)2-3-20(17,18)13-8(10(15)16)4-7-5-11-6-12-7/h5-6,8,13H,2-4H2,1H3,(H,11,12)(H,15,16). The number of carboxylic acids is 1. The van der Waals surface area contributed by atoms with Crippen LogP contribution in [0.4, 0.5) is 0 Å². The second kappa shape index (κ2) is 7.01. The third kappa shape index (κ3) is 5.36. The van der Waals surface area contributed by atoms with Gasteiger partial charge in [0.2, 0.25) is 10.0 Å². The van der Waals surface area contributed by atoms with Crippen LogP contribution in [0.1, 0.15) is 12.1 Å². The first-order valence-electron chi connectivity index (χ1n) is 5.61. The summed E-state index contributed by atoms with van der Waals surface area (Å²) in [5.41, 5.74) is 0.480. The highest BCUT2D eigenvalue weighted by Gasteiger charge is 2.25. The number of carbonyl (C=O) groups is 2. The van der Waals surface area contributed by atoms with Crippen LogP contribution in [0.25, 0.3) is 0 Å². The monoisotopic (exact) mass is 305 g/mol. The number of hydrogen-bond donors (Lipinski definition) is 3. The molecule has 0 aliphatic carbocycles. The molecule has 0 aromatic carbocycles. The quantitative estimate of drug-likeness (QED) is 0.517. The van der Waals surface area contributed by atoms with Gasteiger partial charge in [0.1, 0.15) is 6.04 Å². The topological polar surface area (TPSA) is 138 Å². The summed E-state index contributed by atoms with van der Waals surface area (Å²) in [7, 11) is -2.76. The SMILES string of the molecule is COC(=O)CCS(=O)(=O)NC(Cc1cnc[nH]1)C(=O)O. The Morgan fingerprint density at radius 3 is 2.75 bits per heavy atom. The maximum absolute atomic E-state index is 11.7. The van der Waals surface area contributed by atoms with Gasteiger partial charge >= 0.3 is 11.9 Å². The van der Waals surface area contributed by atoms with E-state index in [0.717, 1.165) is 7.11 Å². The predicted octanol–water partition coefficient (Wildman–Crippen LogP) is -1.11. The molecule has 0 aliphatic rings. The van der Waals surface area contributed by atoms with E-state index in [1.54, 1.807) is 0 Å². The lowest BCUT2D eigenvalue weighted by Crippen LogP contribution is -2.43. The van der Waals surface area contributed by atoms with Crippen LogP contribution in [0.15, 0.2) is 12.5 Å². The van der Waals surface area contributed by atoms with Crippen LogP contribution in [0.5, 0.6) is 0 Å². The van der Waals surface area contributed by atoms with E-state index in [0.29, 0.717) is 5.69 Å². The van der Waals surface area contributed by atoms with Crippen LogP contribution in [0, 0.1) is 0 Å². The minimum atomic E-state index is -3.90. The van der Waals surface area contributed by atoms with Crippen molar-refractivity contribution >= 4 is 22.0 Å². The van der Waals surface area contributed by atoms with Crippen molar-refractivity contribution in [1.29, 1.82) is 0 Å². The van der Waals surface area contributed by atoms with Gasteiger partial charge in [-0.2, -0.15) is 0 Å². The zero-order valence-electron chi connectivity index (χ0n) is 10.7. The summed E-state index contributed by atoms with van der Waals surface area (Å²) in [5, 5.41) is 9.01. The first-order valence-corrected chi connectivity index (χ1v) is 7.26. The summed E-state index contributed by atoms with van der Waals surface area (Å²) in [6.45, 7) is 0. The minimum absolute atomic E-state index is 0.0766. The number of imidazole rings is 1. The largest absolute Gasteiger partial charge is 0.480 e. The fourth-order valence-electron chi connectivity index (χ4n) is 1.39. The van der Waals surface area contributed by atoms with Gasteiger partial charge in [0.05, 0.1) is 25.6 Å². The number of rotatable bonds is 8. The van der Waals surface area contributed by atoms with E-state index in [1.165, 1.54) is 12.5 Å². The van der Waals surface area contributed by atoms with Crippen LogP contribution in [-0.2, 0) is 30.8 Å². The molecule has 3 N–H and O–H groups in total. The lowest BCUT2D eigenvalue weighted by atomic mass is 10.2. The fraction of sp³-hybridized carbons (Fsp3) is 0.500. The minimum Gasteiger partial charge on any atom is -0.480 e. The molecule has 1 atom stereocenters. The van der Waals surface area contributed by atoms with Crippen LogP contribution in [0.2, 0.25) is 0 Å². The highest BCUT2D eigenvalue weighted by molar-refractivity contribution is 7.89. The van der Waals surface area contributed by atoms with Crippen molar-refractivity contribution in [2.24, 2.45) is 0 Å². The zero-order chi connectivity index (χ0) is 15.2. The second-order valence-electron chi connectivity index (χ2n) is 3.93. The van der Waals surface area contributed by atoms with Crippen molar-refractivity contribution in [3.05, 3.63) is 18.2 Å². The summed E-state index contributed by atoms with van der Waals surface area (Å²) in [6.07, 6.45) is 2.34. The van der Waals surface area contributed by atoms with E-state index in [-0.39, 0.29) is 12.8 Å². The second-order valence-corrected chi connectivity index (χ2v) is 5.81. The number of hydrogen-bond acceptors (Lipinski definition) is 6. The third-order valence-electron chi connectivity index (χ3n) is 2.40. The highest BCUT2D eigenvalue weighted by Crippen LogP contribution is 2.02. The summed E-state index contributed by atoms with van der Waals surface area (Å²) in [4.78, 5) is 28.3. The Labute approximate surface area is 115 Å².